The molecule has 1 rings (SSSR count). The quantitative estimate of drug-likeness (QED) is 0.721. The largest absolute Gasteiger partial charge is 0.314 e. The minimum Gasteiger partial charge on any atom is -0.314 e. The SMILES string of the molecule is CCNC1CCCC1CN(C)C(CC)CSC. The lowest BCUT2D eigenvalue weighted by atomic mass is 10.0. The first-order chi connectivity index (χ1) is 8.22. The van der Waals surface area contributed by atoms with Gasteiger partial charge in [0.15, 0.2) is 0 Å². The smallest absolute Gasteiger partial charge is 0.0180 e. The van der Waals surface area contributed by atoms with Crippen molar-refractivity contribution < 1.29 is 0 Å². The number of nitrogens with one attached hydrogen (secondary N) is 1. The summed E-state index contributed by atoms with van der Waals surface area (Å²) in [7, 11) is 2.31. The van der Waals surface area contributed by atoms with E-state index < -0.39 is 0 Å². The Morgan fingerprint density at radius 1 is 1.35 bits per heavy atom. The molecule has 0 amide bonds. The molecule has 17 heavy (non-hydrogen) atoms. The maximum atomic E-state index is 3.66. The van der Waals surface area contributed by atoms with Gasteiger partial charge in [-0.3, -0.25) is 0 Å². The van der Waals surface area contributed by atoms with Gasteiger partial charge in [0.25, 0.3) is 0 Å². The second kappa shape index (κ2) is 8.39. The van der Waals surface area contributed by atoms with E-state index in [-0.39, 0.29) is 0 Å². The van der Waals surface area contributed by atoms with Gasteiger partial charge in [0, 0.05) is 24.4 Å². The Labute approximate surface area is 112 Å². The van der Waals surface area contributed by atoms with Crippen molar-refractivity contribution in [3.63, 3.8) is 0 Å². The standard InChI is InChI=1S/C14H30N2S/c1-5-13(11-17-4)16(3)10-12-8-7-9-14(12)15-6-2/h12-15H,5-11H2,1-4H3. The van der Waals surface area contributed by atoms with Crippen molar-refractivity contribution >= 4 is 11.8 Å². The molecule has 0 saturated heterocycles. The zero-order valence-corrected chi connectivity index (χ0v) is 12.9. The van der Waals surface area contributed by atoms with Gasteiger partial charge in [-0.05, 0) is 45.0 Å². The number of nitrogens with zero attached hydrogens (tertiary/aromatic N) is 1. The van der Waals surface area contributed by atoms with Crippen LogP contribution in [0.3, 0.4) is 0 Å². The second-order valence-corrected chi connectivity index (χ2v) is 6.22. The Kier molecular flexibility index (Phi) is 7.56. The summed E-state index contributed by atoms with van der Waals surface area (Å²) >= 11 is 1.97. The van der Waals surface area contributed by atoms with Gasteiger partial charge in [-0.15, -0.1) is 0 Å². The highest BCUT2D eigenvalue weighted by Crippen LogP contribution is 2.27. The highest BCUT2D eigenvalue weighted by molar-refractivity contribution is 7.98. The van der Waals surface area contributed by atoms with Gasteiger partial charge in [0.2, 0.25) is 0 Å². The first kappa shape index (κ1) is 15.3. The lowest BCUT2D eigenvalue weighted by molar-refractivity contribution is 0.202. The molecule has 3 heteroatoms. The normalized spacial score (nSPS) is 26.6. The maximum absolute atomic E-state index is 3.66. The molecule has 0 aromatic heterocycles. The molecule has 1 saturated carbocycles. The van der Waals surface area contributed by atoms with Crippen molar-refractivity contribution in [1.29, 1.82) is 0 Å². The fourth-order valence-corrected chi connectivity index (χ4v) is 3.93. The molecule has 0 aromatic rings. The van der Waals surface area contributed by atoms with E-state index in [0.29, 0.717) is 0 Å². The summed E-state index contributed by atoms with van der Waals surface area (Å²) in [6.45, 7) is 6.93. The molecule has 0 aliphatic heterocycles. The fraction of sp³-hybridized carbons (Fsp3) is 1.00. The summed E-state index contributed by atoms with van der Waals surface area (Å²) < 4.78 is 0. The Hall–Kier alpha value is 0.270. The maximum Gasteiger partial charge on any atom is 0.0180 e. The molecule has 0 aromatic carbocycles. The highest BCUT2D eigenvalue weighted by Gasteiger charge is 2.28. The van der Waals surface area contributed by atoms with Crippen LogP contribution in [0.5, 0.6) is 0 Å². The zero-order valence-electron chi connectivity index (χ0n) is 12.0. The zero-order chi connectivity index (χ0) is 12.7. The van der Waals surface area contributed by atoms with Crippen LogP contribution in [0.1, 0.15) is 39.5 Å². The summed E-state index contributed by atoms with van der Waals surface area (Å²) in [6, 6.07) is 1.53. The molecule has 102 valence electrons. The van der Waals surface area contributed by atoms with Gasteiger partial charge in [-0.2, -0.15) is 11.8 Å². The van der Waals surface area contributed by atoms with Gasteiger partial charge >= 0.3 is 0 Å². The number of thioether (sulfide) groups is 1. The average Bonchev–Trinajstić information content (AvgIpc) is 2.74. The molecule has 1 aliphatic rings. The molecule has 1 fully saturated rings. The number of hydrogen-bond acceptors (Lipinski definition) is 3. The molecular formula is C14H30N2S. The van der Waals surface area contributed by atoms with E-state index >= 15 is 0 Å². The van der Waals surface area contributed by atoms with Crippen LogP contribution in [-0.4, -0.2) is 49.1 Å². The van der Waals surface area contributed by atoms with E-state index in [2.05, 4.69) is 37.4 Å². The summed E-state index contributed by atoms with van der Waals surface area (Å²) in [5, 5.41) is 3.66. The average molecular weight is 258 g/mol. The molecule has 3 atom stereocenters. The lowest BCUT2D eigenvalue weighted by Gasteiger charge is -2.31. The predicted molar refractivity (Wildman–Crippen MR) is 79.9 cm³/mol. The van der Waals surface area contributed by atoms with Crippen molar-refractivity contribution in [2.24, 2.45) is 5.92 Å². The Morgan fingerprint density at radius 3 is 2.71 bits per heavy atom. The van der Waals surface area contributed by atoms with Crippen LogP contribution in [0.2, 0.25) is 0 Å². The van der Waals surface area contributed by atoms with Crippen LogP contribution >= 0.6 is 11.8 Å². The van der Waals surface area contributed by atoms with Gasteiger partial charge < -0.3 is 10.2 Å². The molecule has 1 N–H and O–H groups in total. The van der Waals surface area contributed by atoms with E-state index in [0.717, 1.165) is 24.5 Å². The van der Waals surface area contributed by atoms with E-state index in [1.54, 1.807) is 0 Å². The molecule has 0 spiro atoms. The summed E-state index contributed by atoms with van der Waals surface area (Å²) in [5.41, 5.74) is 0. The minimum absolute atomic E-state index is 0.757. The first-order valence-corrected chi connectivity index (χ1v) is 8.54. The highest BCUT2D eigenvalue weighted by atomic mass is 32.2. The van der Waals surface area contributed by atoms with Crippen LogP contribution in [0.4, 0.5) is 0 Å². The lowest BCUT2D eigenvalue weighted by Crippen LogP contribution is -2.42. The number of rotatable bonds is 8. The van der Waals surface area contributed by atoms with Crippen molar-refractivity contribution in [2.45, 2.75) is 51.6 Å². The third kappa shape index (κ3) is 4.80. The van der Waals surface area contributed by atoms with Crippen molar-refractivity contribution in [3.8, 4) is 0 Å². The monoisotopic (exact) mass is 258 g/mol. The van der Waals surface area contributed by atoms with Gasteiger partial charge in [0.1, 0.15) is 0 Å². The second-order valence-electron chi connectivity index (χ2n) is 5.31. The summed E-state index contributed by atoms with van der Waals surface area (Å²) in [5.74, 6) is 2.14. The van der Waals surface area contributed by atoms with Crippen molar-refractivity contribution in [1.82, 2.24) is 10.2 Å². The Bertz CT molecular complexity index is 199. The van der Waals surface area contributed by atoms with Crippen molar-refractivity contribution in [3.05, 3.63) is 0 Å². The summed E-state index contributed by atoms with van der Waals surface area (Å²) in [4.78, 5) is 2.59. The van der Waals surface area contributed by atoms with Crippen LogP contribution in [0.15, 0.2) is 0 Å². The molecule has 3 unspecified atom stereocenters. The molecule has 2 nitrogen and oxygen atoms in total. The molecular weight excluding hydrogens is 228 g/mol. The summed E-state index contributed by atoms with van der Waals surface area (Å²) in [6.07, 6.45) is 7.70. The van der Waals surface area contributed by atoms with Crippen LogP contribution in [0.25, 0.3) is 0 Å². The molecule has 0 radical (unpaired) electrons. The predicted octanol–water partition coefficient (Wildman–Crippen LogP) is 2.84. The minimum atomic E-state index is 0.757. The molecule has 1 aliphatic carbocycles. The van der Waals surface area contributed by atoms with Crippen LogP contribution < -0.4 is 5.32 Å². The van der Waals surface area contributed by atoms with Gasteiger partial charge in [-0.1, -0.05) is 20.3 Å². The third-order valence-corrected chi connectivity index (χ3v) is 4.82. The van der Waals surface area contributed by atoms with Gasteiger partial charge in [-0.25, -0.2) is 0 Å². The topological polar surface area (TPSA) is 15.3 Å². The van der Waals surface area contributed by atoms with Crippen LogP contribution in [0, 0.1) is 5.92 Å². The van der Waals surface area contributed by atoms with E-state index in [1.807, 2.05) is 11.8 Å². The number of hydrogen-bond donors (Lipinski definition) is 1. The molecule has 0 bridgehead atoms. The fourth-order valence-electron chi connectivity index (χ4n) is 3.05. The first-order valence-electron chi connectivity index (χ1n) is 7.15. The molecule has 0 heterocycles. The van der Waals surface area contributed by atoms with Crippen LogP contribution in [-0.2, 0) is 0 Å². The Balaban J connectivity index is 2.40. The van der Waals surface area contributed by atoms with E-state index in [4.69, 9.17) is 0 Å². The Morgan fingerprint density at radius 2 is 2.12 bits per heavy atom. The third-order valence-electron chi connectivity index (χ3n) is 4.10. The van der Waals surface area contributed by atoms with E-state index in [1.165, 1.54) is 38.0 Å². The van der Waals surface area contributed by atoms with Gasteiger partial charge in [0.05, 0.1) is 0 Å². The van der Waals surface area contributed by atoms with E-state index in [9.17, 15) is 0 Å². The van der Waals surface area contributed by atoms with Crippen molar-refractivity contribution in [2.75, 3.05) is 32.1 Å².